The van der Waals surface area contributed by atoms with Gasteiger partial charge in [0.05, 0.1) is 5.92 Å². The molecular weight excluding hydrogens is 304 g/mol. The molecule has 0 spiro atoms. The Bertz CT molecular complexity index is 757. The van der Waals surface area contributed by atoms with E-state index in [0.29, 0.717) is 0 Å². The zero-order valence-electron chi connectivity index (χ0n) is 15.8. The molecule has 0 amide bonds. The summed E-state index contributed by atoms with van der Waals surface area (Å²) in [4.78, 5) is 12.4. The van der Waals surface area contributed by atoms with Crippen molar-refractivity contribution in [2.24, 2.45) is 0 Å². The molecule has 25 heavy (non-hydrogen) atoms. The molecule has 0 heterocycles. The second kappa shape index (κ2) is 9.20. The van der Waals surface area contributed by atoms with Crippen LogP contribution in [0.1, 0.15) is 61.3 Å². The van der Waals surface area contributed by atoms with Crippen LogP contribution in [0.25, 0.3) is 6.08 Å². The van der Waals surface area contributed by atoms with Crippen LogP contribution in [0.15, 0.2) is 59.8 Å². The number of allylic oxidation sites excluding steroid dienone is 1. The van der Waals surface area contributed by atoms with Crippen LogP contribution >= 0.6 is 0 Å². The Balaban J connectivity index is 2.44. The number of Topliss-reactive ketones (excluding diaryl/α,β-unsaturated/α-hetero) is 1. The molecule has 0 bridgehead atoms. The molecule has 130 valence electrons. The van der Waals surface area contributed by atoms with Crippen LogP contribution in [0.4, 0.5) is 0 Å². The number of rotatable bonds is 7. The van der Waals surface area contributed by atoms with Crippen molar-refractivity contribution < 1.29 is 4.79 Å². The van der Waals surface area contributed by atoms with Gasteiger partial charge in [-0.2, -0.15) is 0 Å². The van der Waals surface area contributed by atoms with E-state index in [1.54, 1.807) is 6.92 Å². The van der Waals surface area contributed by atoms with Crippen molar-refractivity contribution in [2.45, 2.75) is 52.9 Å². The van der Waals surface area contributed by atoms with Gasteiger partial charge in [-0.1, -0.05) is 73.0 Å². The molecule has 1 atom stereocenters. The second-order valence-electron chi connectivity index (χ2n) is 6.78. The molecule has 2 aromatic rings. The first-order valence-corrected chi connectivity index (χ1v) is 9.10. The number of hydrogen-bond acceptors (Lipinski definition) is 1. The molecule has 0 N–H and O–H groups in total. The van der Waals surface area contributed by atoms with E-state index in [1.807, 2.05) is 6.08 Å². The number of carbonyl (C=O) groups excluding carboxylic acids is 1. The number of aryl methyl sites for hydroxylation is 2. The highest BCUT2D eigenvalue weighted by Gasteiger charge is 2.21. The number of ketones is 1. The van der Waals surface area contributed by atoms with E-state index < -0.39 is 0 Å². The topological polar surface area (TPSA) is 17.1 Å². The highest BCUT2D eigenvalue weighted by molar-refractivity contribution is 5.86. The van der Waals surface area contributed by atoms with Crippen molar-refractivity contribution in [3.63, 3.8) is 0 Å². The summed E-state index contributed by atoms with van der Waals surface area (Å²) in [6, 6.07) is 16.7. The summed E-state index contributed by atoms with van der Waals surface area (Å²) >= 11 is 0. The Kier molecular flexibility index (Phi) is 6.98. The Morgan fingerprint density at radius 2 is 1.56 bits per heavy atom. The van der Waals surface area contributed by atoms with Gasteiger partial charge in [0, 0.05) is 0 Å². The number of benzene rings is 2. The third kappa shape index (κ3) is 5.59. The smallest absolute Gasteiger partial charge is 0.141 e. The van der Waals surface area contributed by atoms with Crippen LogP contribution in [0.2, 0.25) is 0 Å². The molecule has 1 nitrogen and oxygen atoms in total. The highest BCUT2D eigenvalue weighted by atomic mass is 16.1. The fraction of sp³-hybridized carbons (Fsp3) is 0.333. The van der Waals surface area contributed by atoms with E-state index in [0.717, 1.165) is 36.0 Å². The summed E-state index contributed by atoms with van der Waals surface area (Å²) in [5.41, 5.74) is 9.17. The predicted molar refractivity (Wildman–Crippen MR) is 107 cm³/mol. The fourth-order valence-electron chi connectivity index (χ4n) is 2.95. The first-order chi connectivity index (χ1) is 12.0. The molecular formula is C24H28O. The zero-order valence-corrected chi connectivity index (χ0v) is 15.8. The van der Waals surface area contributed by atoms with Gasteiger partial charge in [0.1, 0.15) is 5.78 Å². The molecule has 0 saturated heterocycles. The molecule has 0 aromatic heterocycles. The lowest BCUT2D eigenvalue weighted by atomic mass is 9.85. The zero-order chi connectivity index (χ0) is 18.2. The number of unbranched alkanes of at least 4 members (excludes halogenated alkanes) is 1. The normalized spacial score (nSPS) is 11.5. The highest BCUT2D eigenvalue weighted by Crippen LogP contribution is 2.29. The summed E-state index contributed by atoms with van der Waals surface area (Å²) in [6.07, 6.45) is 5.08. The van der Waals surface area contributed by atoms with E-state index >= 15 is 0 Å². The van der Waals surface area contributed by atoms with Crippen molar-refractivity contribution in [3.05, 3.63) is 82.1 Å². The summed E-state index contributed by atoms with van der Waals surface area (Å²) < 4.78 is 0. The minimum atomic E-state index is -0.200. The summed E-state index contributed by atoms with van der Waals surface area (Å²) in [6.45, 7) is 8.01. The van der Waals surface area contributed by atoms with E-state index in [9.17, 15) is 4.79 Å². The number of carbonyl (C=O) groups is 1. The van der Waals surface area contributed by atoms with Crippen LogP contribution in [0.3, 0.4) is 0 Å². The summed E-state index contributed by atoms with van der Waals surface area (Å²) in [5.74, 6) is -0.0198. The van der Waals surface area contributed by atoms with Crippen molar-refractivity contribution in [1.29, 1.82) is 0 Å². The molecule has 1 unspecified atom stereocenters. The van der Waals surface area contributed by atoms with Gasteiger partial charge in [0.2, 0.25) is 0 Å². The van der Waals surface area contributed by atoms with Crippen LogP contribution < -0.4 is 0 Å². The maximum atomic E-state index is 12.4. The van der Waals surface area contributed by atoms with E-state index in [-0.39, 0.29) is 11.7 Å². The van der Waals surface area contributed by atoms with Crippen molar-refractivity contribution in [3.8, 4) is 0 Å². The molecule has 2 rings (SSSR count). The lowest BCUT2D eigenvalue weighted by Crippen LogP contribution is -2.11. The van der Waals surface area contributed by atoms with Gasteiger partial charge in [-0.05, 0) is 56.4 Å². The van der Waals surface area contributed by atoms with Gasteiger partial charge < -0.3 is 0 Å². The Labute approximate surface area is 152 Å². The fourth-order valence-corrected chi connectivity index (χ4v) is 2.95. The van der Waals surface area contributed by atoms with Gasteiger partial charge in [0.25, 0.3) is 0 Å². The van der Waals surface area contributed by atoms with Gasteiger partial charge in [-0.15, -0.1) is 5.73 Å². The van der Waals surface area contributed by atoms with Gasteiger partial charge >= 0.3 is 0 Å². The summed E-state index contributed by atoms with van der Waals surface area (Å²) in [7, 11) is 0. The van der Waals surface area contributed by atoms with Crippen LogP contribution in [-0.4, -0.2) is 5.78 Å². The molecule has 0 aliphatic carbocycles. The Morgan fingerprint density at radius 3 is 2.08 bits per heavy atom. The van der Waals surface area contributed by atoms with Gasteiger partial charge in [-0.25, -0.2) is 0 Å². The number of hydrogen-bond donors (Lipinski definition) is 0. The first-order valence-electron chi connectivity index (χ1n) is 9.10. The quantitative estimate of drug-likeness (QED) is 0.536. The SMILES string of the molecule is CCCCC(=C=Cc1ccc(C)cc1)C(C(C)=O)c1ccc(C)cc1. The molecule has 1 heteroatoms. The maximum absolute atomic E-state index is 12.4. The maximum Gasteiger partial charge on any atom is 0.141 e. The third-order valence-corrected chi connectivity index (χ3v) is 4.47. The van der Waals surface area contributed by atoms with Crippen molar-refractivity contribution >= 4 is 11.9 Å². The van der Waals surface area contributed by atoms with E-state index in [4.69, 9.17) is 0 Å². The Morgan fingerprint density at radius 1 is 1.00 bits per heavy atom. The van der Waals surface area contributed by atoms with Crippen LogP contribution in [0, 0.1) is 13.8 Å². The van der Waals surface area contributed by atoms with Crippen molar-refractivity contribution in [1.82, 2.24) is 0 Å². The molecule has 0 aliphatic rings. The average molecular weight is 332 g/mol. The van der Waals surface area contributed by atoms with Gasteiger partial charge in [-0.3, -0.25) is 4.79 Å². The minimum Gasteiger partial charge on any atom is -0.299 e. The second-order valence-corrected chi connectivity index (χ2v) is 6.78. The standard InChI is InChI=1S/C24H28O/c1-5-6-7-22(17-14-21-12-8-18(2)9-13-21)24(20(4)25)23-15-10-19(3)11-16-23/h8-16,24H,5-7H2,1-4H3. The molecule has 0 saturated carbocycles. The predicted octanol–water partition coefficient (Wildman–Crippen LogP) is 6.40. The third-order valence-electron chi connectivity index (χ3n) is 4.47. The average Bonchev–Trinajstić information content (AvgIpc) is 2.60. The summed E-state index contributed by atoms with van der Waals surface area (Å²) in [5, 5.41) is 0. The van der Waals surface area contributed by atoms with Crippen molar-refractivity contribution in [2.75, 3.05) is 0 Å². The lowest BCUT2D eigenvalue weighted by Gasteiger charge is -2.17. The minimum absolute atomic E-state index is 0.180. The van der Waals surface area contributed by atoms with Gasteiger partial charge in [0.15, 0.2) is 0 Å². The molecule has 0 radical (unpaired) electrons. The Hall–Kier alpha value is -2.37. The van der Waals surface area contributed by atoms with Crippen LogP contribution in [0.5, 0.6) is 0 Å². The van der Waals surface area contributed by atoms with Crippen LogP contribution in [-0.2, 0) is 4.79 Å². The first kappa shape index (κ1) is 19.0. The molecule has 2 aromatic carbocycles. The molecule has 0 aliphatic heterocycles. The largest absolute Gasteiger partial charge is 0.299 e. The van der Waals surface area contributed by atoms with E-state index in [2.05, 4.69) is 75.0 Å². The molecule has 0 fully saturated rings. The monoisotopic (exact) mass is 332 g/mol. The van der Waals surface area contributed by atoms with E-state index in [1.165, 1.54) is 11.1 Å². The lowest BCUT2D eigenvalue weighted by molar-refractivity contribution is -0.117.